The number of nitrogens with one attached hydrogen (secondary N) is 3. The van der Waals surface area contributed by atoms with E-state index in [0.29, 0.717) is 28.2 Å². The Balaban J connectivity index is 1.39. The molecule has 7 N–H and O–H groups in total. The number of halogens is 2. The van der Waals surface area contributed by atoms with Crippen LogP contribution in [0, 0.1) is 0 Å². The molecule has 0 aliphatic rings. The first-order valence-corrected chi connectivity index (χ1v) is 17.7. The molecule has 2 heterocycles. The Bertz CT molecular complexity index is 2130. The zero-order valence-corrected chi connectivity index (χ0v) is 29.6. The smallest absolute Gasteiger partial charge is 0.295 e. The van der Waals surface area contributed by atoms with Gasteiger partial charge in [0.2, 0.25) is 34.4 Å². The second kappa shape index (κ2) is 18.1. The average molecular weight is 792 g/mol. The Kier molecular flexibility index (Phi) is 13.4. The molecule has 0 saturated carbocycles. The highest BCUT2D eigenvalue weighted by Gasteiger charge is 2.18. The van der Waals surface area contributed by atoms with Gasteiger partial charge < -0.3 is 31.1 Å². The summed E-state index contributed by atoms with van der Waals surface area (Å²) in [6.45, 7) is -0.276. The Hall–Kier alpha value is -4.74. The van der Waals surface area contributed by atoms with Crippen LogP contribution in [0.1, 0.15) is 11.1 Å². The molecule has 3 aromatic carbocycles. The molecule has 0 radical (unpaired) electrons. The van der Waals surface area contributed by atoms with Gasteiger partial charge in [0.05, 0.1) is 25.3 Å². The quantitative estimate of drug-likeness (QED) is 0.0209. The minimum Gasteiger partial charge on any atom is -0.395 e. The maximum atomic E-state index is 12.5. The molecular weight excluding hydrogens is 763 g/mol. The van der Waals surface area contributed by atoms with Crippen molar-refractivity contribution in [3.05, 3.63) is 88.4 Å². The van der Waals surface area contributed by atoms with E-state index in [1.807, 2.05) is 30.3 Å². The van der Waals surface area contributed by atoms with Crippen LogP contribution in [-0.4, -0.2) is 84.6 Å². The van der Waals surface area contributed by atoms with Gasteiger partial charge >= 0.3 is 0 Å². The zero-order chi connectivity index (χ0) is 37.1. The van der Waals surface area contributed by atoms with Crippen LogP contribution < -0.4 is 20.9 Å². The van der Waals surface area contributed by atoms with Crippen LogP contribution in [0.4, 0.5) is 40.9 Å². The van der Waals surface area contributed by atoms with Gasteiger partial charge in [0, 0.05) is 35.0 Å². The van der Waals surface area contributed by atoms with E-state index in [0.717, 1.165) is 11.8 Å². The Morgan fingerprint density at radius 2 is 1.29 bits per heavy atom. The van der Waals surface area contributed by atoms with Gasteiger partial charge in [0.25, 0.3) is 10.1 Å². The monoisotopic (exact) mass is 790 g/mol. The topological polar surface area (TPSA) is 250 Å². The molecule has 0 fully saturated rings. The highest BCUT2D eigenvalue weighted by molar-refractivity contribution is 7.94. The number of rotatable bonds is 17. The van der Waals surface area contributed by atoms with Crippen LogP contribution in [0.5, 0.6) is 0 Å². The molecule has 2 aromatic heterocycles. The van der Waals surface area contributed by atoms with Crippen molar-refractivity contribution in [1.82, 2.24) is 29.9 Å². The van der Waals surface area contributed by atoms with E-state index in [4.69, 9.17) is 28.5 Å². The predicted octanol–water partition coefficient (Wildman–Crippen LogP) is 5.23. The molecule has 0 atom stereocenters. The van der Waals surface area contributed by atoms with Gasteiger partial charge in [-0.15, -0.1) is 4.33 Å². The number of aliphatic hydroxyl groups excluding tert-OH is 2. The van der Waals surface area contributed by atoms with Crippen molar-refractivity contribution in [2.24, 2.45) is 0 Å². The Morgan fingerprint density at radius 3 is 1.90 bits per heavy atom. The van der Waals surface area contributed by atoms with E-state index >= 15 is 0 Å². The first kappa shape index (κ1) is 38.5. The van der Waals surface area contributed by atoms with E-state index < -0.39 is 15.0 Å². The Morgan fingerprint density at radius 1 is 0.731 bits per heavy atom. The number of para-hydroxylation sites is 1. The summed E-state index contributed by atoms with van der Waals surface area (Å²) < 4.78 is 39.7. The molecule has 0 spiro atoms. The fourth-order valence-corrected chi connectivity index (χ4v) is 6.02. The van der Waals surface area contributed by atoms with Crippen LogP contribution in [0.2, 0.25) is 10.6 Å². The first-order chi connectivity index (χ1) is 25.0. The van der Waals surface area contributed by atoms with Crippen molar-refractivity contribution in [2.75, 3.05) is 47.2 Å². The van der Waals surface area contributed by atoms with E-state index in [1.165, 1.54) is 23.1 Å². The van der Waals surface area contributed by atoms with Crippen molar-refractivity contribution in [3.63, 3.8) is 0 Å². The average Bonchev–Trinajstić information content (AvgIpc) is 3.10. The number of anilines is 7. The lowest BCUT2D eigenvalue weighted by atomic mass is 10.1. The van der Waals surface area contributed by atoms with Crippen LogP contribution in [-0.2, 0) is 19.5 Å². The molecular formula is C30H28Cl2N10O8S2. The molecule has 0 aliphatic heterocycles. The molecule has 272 valence electrons. The number of aliphatic hydroxyl groups is 2. The van der Waals surface area contributed by atoms with Crippen LogP contribution in [0.25, 0.3) is 12.2 Å². The van der Waals surface area contributed by atoms with Gasteiger partial charge in [-0.2, -0.15) is 38.3 Å². The molecule has 0 saturated heterocycles. The van der Waals surface area contributed by atoms with Gasteiger partial charge in [0.15, 0.2) is 0 Å². The summed E-state index contributed by atoms with van der Waals surface area (Å²) in [5, 5.41) is 39.9. The summed E-state index contributed by atoms with van der Waals surface area (Å²) in [7, 11) is -4.75. The molecule has 5 rings (SSSR count). The summed E-state index contributed by atoms with van der Waals surface area (Å²) in [5.41, 5.74) is 1.97. The van der Waals surface area contributed by atoms with Crippen molar-refractivity contribution < 1.29 is 37.8 Å². The maximum Gasteiger partial charge on any atom is 0.295 e. The third-order valence-electron chi connectivity index (χ3n) is 6.67. The maximum absolute atomic E-state index is 12.5. The number of nitrogens with zero attached hydrogens (tertiary/aromatic N) is 7. The molecule has 22 heteroatoms. The fraction of sp³-hybridized carbons (Fsp3) is 0.133. The van der Waals surface area contributed by atoms with E-state index in [2.05, 4.69) is 55.2 Å². The van der Waals surface area contributed by atoms with Gasteiger partial charge in [-0.3, -0.25) is 4.55 Å². The third kappa shape index (κ3) is 10.9. The zero-order valence-electron chi connectivity index (χ0n) is 26.5. The minimum absolute atomic E-state index is 0.0625. The van der Waals surface area contributed by atoms with E-state index in [1.54, 1.807) is 24.3 Å². The number of hydrogen-bond donors (Lipinski definition) is 7. The first-order valence-electron chi connectivity index (χ1n) is 14.8. The normalized spacial score (nSPS) is 11.5. The highest BCUT2D eigenvalue weighted by atomic mass is 35.5. The van der Waals surface area contributed by atoms with Gasteiger partial charge in [-0.1, -0.05) is 47.5 Å². The lowest BCUT2D eigenvalue weighted by molar-refractivity contribution is -0.432. The SMILES string of the molecule is O=S(=O)(O)c1cc(Nc2nc(Cl)nc(N(CCO)CCO)n2)ccc1/C=C/c1ccc(Nc2nc(Cl)nc(Nc3ccccc3)n2)cc1SOOO. The lowest BCUT2D eigenvalue weighted by Crippen LogP contribution is -2.31. The number of benzene rings is 3. The minimum atomic E-state index is -4.75. The number of hydrogen-bond acceptors (Lipinski definition) is 18. The predicted molar refractivity (Wildman–Crippen MR) is 195 cm³/mol. The fourth-order valence-electron chi connectivity index (χ4n) is 4.49. The molecule has 5 aromatic rings. The summed E-state index contributed by atoms with van der Waals surface area (Å²) in [6, 6.07) is 18.2. The summed E-state index contributed by atoms with van der Waals surface area (Å²) in [4.78, 5) is 26.2. The summed E-state index contributed by atoms with van der Waals surface area (Å²) in [5.74, 6) is 0.310. The van der Waals surface area contributed by atoms with Gasteiger partial charge in [-0.05, 0) is 70.7 Å². The van der Waals surface area contributed by atoms with Crippen LogP contribution >= 0.6 is 35.2 Å². The molecule has 52 heavy (non-hydrogen) atoms. The second-order valence-electron chi connectivity index (χ2n) is 10.2. The second-order valence-corrected chi connectivity index (χ2v) is 13.0. The van der Waals surface area contributed by atoms with E-state index in [9.17, 15) is 23.2 Å². The van der Waals surface area contributed by atoms with E-state index in [-0.39, 0.29) is 71.9 Å². The molecule has 0 unspecified atom stereocenters. The summed E-state index contributed by atoms with van der Waals surface area (Å²) >= 11 is 12.8. The third-order valence-corrected chi connectivity index (χ3v) is 8.58. The highest BCUT2D eigenvalue weighted by Crippen LogP contribution is 2.31. The van der Waals surface area contributed by atoms with Crippen molar-refractivity contribution in [1.29, 1.82) is 0 Å². The summed E-state index contributed by atoms with van der Waals surface area (Å²) in [6.07, 6.45) is 2.98. The number of aromatic nitrogens is 6. The molecule has 0 aliphatic carbocycles. The van der Waals surface area contributed by atoms with Crippen LogP contribution in [0.15, 0.2) is 76.5 Å². The largest absolute Gasteiger partial charge is 0.395 e. The van der Waals surface area contributed by atoms with Crippen molar-refractivity contribution >= 4 is 98.4 Å². The van der Waals surface area contributed by atoms with Crippen molar-refractivity contribution in [3.8, 4) is 0 Å². The standard InChI is InChI=1S/C30H28Cl2N10O8S2/c31-25-36-27(33-20-4-2-1-3-5-20)40-28(37-25)34-21-10-8-18(23(16-21)51-50-49-45)6-7-19-9-11-22(17-24(19)52(46,47)48)35-29-38-26(32)39-30(41-29)42(12-14-43)13-15-44/h1-11,16-17,43-45H,12-15H2,(H,46,47,48)(H,35,38,39,41)(H2,33,34,36,37,40)/b7-6+. The molecule has 18 nitrogen and oxygen atoms in total. The molecule has 0 amide bonds. The van der Waals surface area contributed by atoms with Crippen molar-refractivity contribution in [2.45, 2.75) is 9.79 Å². The Labute approximate surface area is 310 Å². The molecule has 0 bridgehead atoms. The van der Waals surface area contributed by atoms with Gasteiger partial charge in [-0.25, -0.2) is 5.26 Å². The van der Waals surface area contributed by atoms with Crippen LogP contribution in [0.3, 0.4) is 0 Å². The van der Waals surface area contributed by atoms with Gasteiger partial charge in [0.1, 0.15) is 4.90 Å². The lowest BCUT2D eigenvalue weighted by Gasteiger charge is -2.20.